The summed E-state index contributed by atoms with van der Waals surface area (Å²) < 4.78 is 0.771. The van der Waals surface area contributed by atoms with Gasteiger partial charge in [-0.25, -0.2) is 4.98 Å². The van der Waals surface area contributed by atoms with Crippen LogP contribution in [-0.2, 0) is 4.79 Å². The molecular formula is C14H21BrClN5O. The van der Waals surface area contributed by atoms with E-state index in [1.54, 1.807) is 6.20 Å². The zero-order valence-electron chi connectivity index (χ0n) is 12.6. The Labute approximate surface area is 144 Å². The topological polar surface area (TPSA) is 70.2 Å². The van der Waals surface area contributed by atoms with Gasteiger partial charge in [-0.3, -0.25) is 4.79 Å². The van der Waals surface area contributed by atoms with Crippen molar-refractivity contribution in [2.45, 2.75) is 19.3 Å². The molecule has 0 atom stereocenters. The largest absolute Gasteiger partial charge is 0.369 e. The monoisotopic (exact) mass is 389 g/mol. The van der Waals surface area contributed by atoms with Crippen molar-refractivity contribution in [3.05, 3.63) is 16.0 Å². The van der Waals surface area contributed by atoms with Gasteiger partial charge in [0, 0.05) is 25.2 Å². The average molecular weight is 391 g/mol. The maximum atomic E-state index is 12.0. The van der Waals surface area contributed by atoms with Gasteiger partial charge in [-0.05, 0) is 66.9 Å². The number of anilines is 1. The first kappa shape index (κ1) is 17.4. The van der Waals surface area contributed by atoms with Gasteiger partial charge < -0.3 is 15.5 Å². The predicted molar refractivity (Wildman–Crippen MR) is 91.1 cm³/mol. The smallest absolute Gasteiger partial charge is 0.224 e. The summed E-state index contributed by atoms with van der Waals surface area (Å²) in [7, 11) is 2.09. The fraction of sp³-hybridized carbons (Fsp3) is 0.643. The van der Waals surface area contributed by atoms with Gasteiger partial charge in [-0.1, -0.05) is 0 Å². The van der Waals surface area contributed by atoms with Crippen LogP contribution in [0, 0.1) is 5.92 Å². The number of amides is 1. The number of hydrogen-bond acceptors (Lipinski definition) is 5. The van der Waals surface area contributed by atoms with Gasteiger partial charge in [-0.15, -0.1) is 0 Å². The normalized spacial score (nSPS) is 16.5. The van der Waals surface area contributed by atoms with Crippen molar-refractivity contribution in [3.8, 4) is 0 Å². The Kier molecular flexibility index (Phi) is 6.85. The third-order valence-corrected chi connectivity index (χ3v) is 4.51. The fourth-order valence-electron chi connectivity index (χ4n) is 2.39. The third kappa shape index (κ3) is 5.37. The Morgan fingerprint density at radius 2 is 2.18 bits per heavy atom. The minimum absolute atomic E-state index is 0.166. The van der Waals surface area contributed by atoms with Crippen LogP contribution in [0.3, 0.4) is 0 Å². The van der Waals surface area contributed by atoms with Crippen molar-refractivity contribution < 1.29 is 4.79 Å². The van der Waals surface area contributed by atoms with Crippen molar-refractivity contribution in [3.63, 3.8) is 0 Å². The molecule has 0 aliphatic carbocycles. The van der Waals surface area contributed by atoms with Crippen molar-refractivity contribution in [1.29, 1.82) is 0 Å². The maximum Gasteiger partial charge on any atom is 0.224 e. The number of carbonyl (C=O) groups is 1. The molecule has 1 aliphatic heterocycles. The Morgan fingerprint density at radius 1 is 1.45 bits per heavy atom. The summed E-state index contributed by atoms with van der Waals surface area (Å²) in [6.45, 7) is 3.37. The first-order valence-corrected chi connectivity index (χ1v) is 8.61. The molecule has 0 spiro atoms. The Balaban J connectivity index is 1.63. The SMILES string of the molecule is CN1CCC(C(=O)NCCCNc2nc(Cl)ncc2Br)CC1. The van der Waals surface area contributed by atoms with Crippen molar-refractivity contribution >= 4 is 39.3 Å². The molecule has 1 aromatic rings. The van der Waals surface area contributed by atoms with Crippen LogP contribution in [0.25, 0.3) is 0 Å². The molecule has 0 bridgehead atoms. The molecule has 2 heterocycles. The van der Waals surface area contributed by atoms with E-state index >= 15 is 0 Å². The van der Waals surface area contributed by atoms with E-state index in [0.29, 0.717) is 18.9 Å². The third-order valence-electron chi connectivity index (χ3n) is 3.75. The number of carbonyl (C=O) groups excluding carboxylic acids is 1. The minimum atomic E-state index is 0.166. The van der Waals surface area contributed by atoms with Crippen LogP contribution >= 0.6 is 27.5 Å². The molecule has 22 heavy (non-hydrogen) atoms. The molecule has 2 N–H and O–H groups in total. The molecule has 0 radical (unpaired) electrons. The quantitative estimate of drug-likeness (QED) is 0.575. The fourth-order valence-corrected chi connectivity index (χ4v) is 2.86. The van der Waals surface area contributed by atoms with E-state index in [9.17, 15) is 4.79 Å². The number of likely N-dealkylation sites (tertiary alicyclic amines) is 1. The molecule has 122 valence electrons. The summed E-state index contributed by atoms with van der Waals surface area (Å²) in [6, 6.07) is 0. The van der Waals surface area contributed by atoms with Gasteiger partial charge in [0.15, 0.2) is 0 Å². The van der Waals surface area contributed by atoms with Crippen molar-refractivity contribution in [2.75, 3.05) is 38.5 Å². The van der Waals surface area contributed by atoms with Gasteiger partial charge in [0.25, 0.3) is 0 Å². The van der Waals surface area contributed by atoms with Crippen molar-refractivity contribution in [1.82, 2.24) is 20.2 Å². The molecule has 1 saturated heterocycles. The lowest BCUT2D eigenvalue weighted by Gasteiger charge is -2.28. The molecular weight excluding hydrogens is 370 g/mol. The van der Waals surface area contributed by atoms with Crippen LogP contribution in [0.15, 0.2) is 10.7 Å². The molecule has 0 saturated carbocycles. The Bertz CT molecular complexity index is 508. The highest BCUT2D eigenvalue weighted by Crippen LogP contribution is 2.20. The van der Waals surface area contributed by atoms with E-state index in [2.05, 4.69) is 48.5 Å². The van der Waals surface area contributed by atoms with Gasteiger partial charge in [0.05, 0.1) is 4.47 Å². The van der Waals surface area contributed by atoms with E-state index in [4.69, 9.17) is 11.6 Å². The summed E-state index contributed by atoms with van der Waals surface area (Å²) in [5.41, 5.74) is 0. The second kappa shape index (κ2) is 8.64. The highest BCUT2D eigenvalue weighted by Gasteiger charge is 2.22. The second-order valence-corrected chi connectivity index (χ2v) is 6.68. The number of nitrogens with one attached hydrogen (secondary N) is 2. The molecule has 0 aromatic carbocycles. The van der Waals surface area contributed by atoms with Gasteiger partial charge >= 0.3 is 0 Å². The molecule has 1 fully saturated rings. The van der Waals surface area contributed by atoms with Gasteiger partial charge in [0.1, 0.15) is 5.82 Å². The maximum absolute atomic E-state index is 12.0. The summed E-state index contributed by atoms with van der Waals surface area (Å²) in [4.78, 5) is 22.3. The number of aromatic nitrogens is 2. The Hall–Kier alpha value is -0.920. The highest BCUT2D eigenvalue weighted by molar-refractivity contribution is 9.10. The van der Waals surface area contributed by atoms with Gasteiger partial charge in [-0.2, -0.15) is 4.98 Å². The molecule has 2 rings (SSSR count). The standard InChI is InChI=1S/C14H21BrClN5O/c1-21-7-3-10(4-8-21)13(22)18-6-2-5-17-12-11(15)9-19-14(16)20-12/h9-10H,2-8H2,1H3,(H,18,22)(H,17,19,20). The number of halogens is 2. The van der Waals surface area contributed by atoms with E-state index in [0.717, 1.165) is 36.8 Å². The van der Waals surface area contributed by atoms with Crippen LogP contribution in [0.5, 0.6) is 0 Å². The summed E-state index contributed by atoms with van der Waals surface area (Å²) in [6.07, 6.45) is 4.34. The average Bonchev–Trinajstić information content (AvgIpc) is 2.50. The zero-order chi connectivity index (χ0) is 15.9. The minimum Gasteiger partial charge on any atom is -0.369 e. The number of piperidine rings is 1. The zero-order valence-corrected chi connectivity index (χ0v) is 15.0. The van der Waals surface area contributed by atoms with Crippen molar-refractivity contribution in [2.24, 2.45) is 5.92 Å². The van der Waals surface area contributed by atoms with Crippen LogP contribution in [0.1, 0.15) is 19.3 Å². The Morgan fingerprint density at radius 3 is 2.91 bits per heavy atom. The van der Waals surface area contributed by atoms with E-state index in [1.165, 1.54) is 0 Å². The van der Waals surface area contributed by atoms with Crippen LogP contribution in [0.4, 0.5) is 5.82 Å². The summed E-state index contributed by atoms with van der Waals surface area (Å²) >= 11 is 9.11. The van der Waals surface area contributed by atoms with E-state index in [1.807, 2.05) is 0 Å². The van der Waals surface area contributed by atoms with E-state index in [-0.39, 0.29) is 17.1 Å². The summed E-state index contributed by atoms with van der Waals surface area (Å²) in [5, 5.41) is 6.39. The molecule has 1 aliphatic rings. The molecule has 6 nitrogen and oxygen atoms in total. The van der Waals surface area contributed by atoms with E-state index < -0.39 is 0 Å². The lowest BCUT2D eigenvalue weighted by Crippen LogP contribution is -2.39. The lowest BCUT2D eigenvalue weighted by molar-refractivity contribution is -0.126. The van der Waals surface area contributed by atoms with Crippen LogP contribution in [-0.4, -0.2) is 54.0 Å². The van der Waals surface area contributed by atoms with Crippen LogP contribution in [0.2, 0.25) is 5.28 Å². The number of hydrogen-bond donors (Lipinski definition) is 2. The molecule has 8 heteroatoms. The molecule has 1 aromatic heterocycles. The number of nitrogens with zero attached hydrogens (tertiary/aromatic N) is 3. The first-order chi connectivity index (χ1) is 10.6. The second-order valence-electron chi connectivity index (χ2n) is 5.48. The molecule has 0 unspecified atom stereocenters. The van der Waals surface area contributed by atoms with Crippen LogP contribution < -0.4 is 10.6 Å². The first-order valence-electron chi connectivity index (χ1n) is 7.44. The lowest BCUT2D eigenvalue weighted by atomic mass is 9.96. The van der Waals surface area contributed by atoms with Gasteiger partial charge in [0.2, 0.25) is 11.2 Å². The number of rotatable bonds is 6. The predicted octanol–water partition coefficient (Wildman–Crippen LogP) is 2.15. The molecule has 1 amide bonds. The summed E-state index contributed by atoms with van der Waals surface area (Å²) in [5.74, 6) is 1.01. The highest BCUT2D eigenvalue weighted by atomic mass is 79.9.